The van der Waals surface area contributed by atoms with Crippen LogP contribution in [0.25, 0.3) is 0 Å². The van der Waals surface area contributed by atoms with Crippen molar-refractivity contribution < 1.29 is 14.3 Å². The number of halogens is 1. The monoisotopic (exact) mass is 369 g/mol. The zero-order valence-corrected chi connectivity index (χ0v) is 16.2. The molecule has 1 aromatic carbocycles. The van der Waals surface area contributed by atoms with Gasteiger partial charge in [0.15, 0.2) is 0 Å². The van der Waals surface area contributed by atoms with E-state index in [9.17, 15) is 4.79 Å². The maximum absolute atomic E-state index is 12.2. The van der Waals surface area contributed by atoms with Crippen LogP contribution in [0.5, 0.6) is 11.5 Å². The van der Waals surface area contributed by atoms with Gasteiger partial charge in [0.1, 0.15) is 11.5 Å². The quantitative estimate of drug-likeness (QED) is 0.836. The molecule has 140 valence electrons. The highest BCUT2D eigenvalue weighted by Crippen LogP contribution is 2.38. The van der Waals surface area contributed by atoms with Crippen molar-refractivity contribution in [2.45, 2.75) is 20.3 Å². The van der Waals surface area contributed by atoms with Crippen LogP contribution in [0.3, 0.4) is 0 Å². The van der Waals surface area contributed by atoms with Gasteiger partial charge in [-0.05, 0) is 12.3 Å². The fraction of sp³-hybridized carbons (Fsp3) is 0.611. The highest BCUT2D eigenvalue weighted by atomic mass is 35.5. The average Bonchev–Trinajstić information content (AvgIpc) is 2.61. The van der Waals surface area contributed by atoms with E-state index >= 15 is 0 Å². The van der Waals surface area contributed by atoms with Crippen LogP contribution in [-0.2, 0) is 0 Å². The van der Waals surface area contributed by atoms with Crippen LogP contribution in [0.1, 0.15) is 20.3 Å². The third-order valence-electron chi connectivity index (χ3n) is 4.36. The van der Waals surface area contributed by atoms with Crippen molar-refractivity contribution in [2.24, 2.45) is 5.92 Å². The molecular formula is C18H28ClN3O3. The molecule has 1 aliphatic heterocycles. The Kier molecular flexibility index (Phi) is 7.05. The van der Waals surface area contributed by atoms with E-state index in [1.165, 1.54) is 0 Å². The second-order valence-corrected chi connectivity index (χ2v) is 6.95. The first-order chi connectivity index (χ1) is 12.0. The molecular weight excluding hydrogens is 342 g/mol. The molecule has 1 aliphatic rings. The van der Waals surface area contributed by atoms with E-state index in [0.717, 1.165) is 31.7 Å². The number of nitrogens with one attached hydrogen (secondary N) is 1. The summed E-state index contributed by atoms with van der Waals surface area (Å²) in [7, 11) is 3.22. The molecule has 0 saturated carbocycles. The second-order valence-electron chi connectivity index (χ2n) is 6.55. The minimum atomic E-state index is 0.0148. The number of carbonyl (C=O) groups is 1. The Morgan fingerprint density at radius 2 is 1.80 bits per heavy atom. The Balaban J connectivity index is 1.97. The number of benzene rings is 1. The second kappa shape index (κ2) is 9.04. The molecule has 2 amide bonds. The SMILES string of the molecule is COc1cc(N2CCN(C(=O)NCCC(C)C)CC2)c(OC)cc1Cl. The first-order valence-electron chi connectivity index (χ1n) is 8.65. The molecule has 0 atom stereocenters. The Morgan fingerprint density at radius 3 is 2.36 bits per heavy atom. The van der Waals surface area contributed by atoms with Gasteiger partial charge in [-0.1, -0.05) is 25.4 Å². The molecule has 1 saturated heterocycles. The van der Waals surface area contributed by atoms with Crippen molar-refractivity contribution in [1.82, 2.24) is 10.2 Å². The van der Waals surface area contributed by atoms with Crippen LogP contribution >= 0.6 is 11.6 Å². The molecule has 0 aliphatic carbocycles. The summed E-state index contributed by atoms with van der Waals surface area (Å²) in [5, 5.41) is 3.51. The van der Waals surface area contributed by atoms with E-state index < -0.39 is 0 Å². The predicted molar refractivity (Wildman–Crippen MR) is 101 cm³/mol. The van der Waals surface area contributed by atoms with E-state index in [0.29, 0.717) is 35.5 Å². The lowest BCUT2D eigenvalue weighted by Gasteiger charge is -2.36. The number of methoxy groups -OCH3 is 2. The molecule has 0 aromatic heterocycles. The Bertz CT molecular complexity index is 587. The van der Waals surface area contributed by atoms with Gasteiger partial charge < -0.3 is 24.6 Å². The fourth-order valence-corrected chi connectivity index (χ4v) is 3.05. The highest BCUT2D eigenvalue weighted by Gasteiger charge is 2.24. The molecule has 7 heteroatoms. The number of piperazine rings is 1. The van der Waals surface area contributed by atoms with Gasteiger partial charge in [0.05, 0.1) is 24.9 Å². The van der Waals surface area contributed by atoms with Gasteiger partial charge in [0, 0.05) is 44.9 Å². The fourth-order valence-electron chi connectivity index (χ4n) is 2.82. The van der Waals surface area contributed by atoms with Gasteiger partial charge in [-0.2, -0.15) is 0 Å². The zero-order chi connectivity index (χ0) is 18.4. The number of anilines is 1. The minimum Gasteiger partial charge on any atom is -0.495 e. The number of hydrogen-bond acceptors (Lipinski definition) is 4. The van der Waals surface area contributed by atoms with E-state index in [4.69, 9.17) is 21.1 Å². The number of nitrogens with zero attached hydrogens (tertiary/aromatic N) is 2. The summed E-state index contributed by atoms with van der Waals surface area (Å²) in [6, 6.07) is 3.67. The molecule has 1 heterocycles. The Labute approximate surface area is 155 Å². The summed E-state index contributed by atoms with van der Waals surface area (Å²) in [5.74, 6) is 1.91. The zero-order valence-electron chi connectivity index (χ0n) is 15.5. The Morgan fingerprint density at radius 1 is 1.16 bits per heavy atom. The van der Waals surface area contributed by atoms with Crippen LogP contribution in [0.15, 0.2) is 12.1 Å². The highest BCUT2D eigenvalue weighted by molar-refractivity contribution is 6.32. The number of carbonyl (C=O) groups excluding carboxylic acids is 1. The van der Waals surface area contributed by atoms with E-state index in [1.807, 2.05) is 11.0 Å². The summed E-state index contributed by atoms with van der Waals surface area (Å²) in [6.07, 6.45) is 0.994. The van der Waals surface area contributed by atoms with Gasteiger partial charge >= 0.3 is 6.03 Å². The topological polar surface area (TPSA) is 54.0 Å². The van der Waals surface area contributed by atoms with Gasteiger partial charge in [0.2, 0.25) is 0 Å². The Hall–Kier alpha value is -1.82. The van der Waals surface area contributed by atoms with E-state index in [-0.39, 0.29) is 6.03 Å². The third-order valence-corrected chi connectivity index (χ3v) is 4.65. The number of hydrogen-bond donors (Lipinski definition) is 1. The molecule has 1 fully saturated rings. The molecule has 1 aromatic rings. The van der Waals surface area contributed by atoms with Crippen molar-refractivity contribution >= 4 is 23.3 Å². The van der Waals surface area contributed by atoms with Crippen molar-refractivity contribution in [3.63, 3.8) is 0 Å². The molecule has 6 nitrogen and oxygen atoms in total. The van der Waals surface area contributed by atoms with Crippen LogP contribution in [0.4, 0.5) is 10.5 Å². The lowest BCUT2D eigenvalue weighted by Crippen LogP contribution is -2.52. The summed E-state index contributed by atoms with van der Waals surface area (Å²) < 4.78 is 10.8. The van der Waals surface area contributed by atoms with Crippen LogP contribution in [0.2, 0.25) is 5.02 Å². The number of rotatable bonds is 6. The van der Waals surface area contributed by atoms with Crippen LogP contribution in [-0.4, -0.2) is 57.9 Å². The number of urea groups is 1. The average molecular weight is 370 g/mol. The lowest BCUT2D eigenvalue weighted by molar-refractivity contribution is 0.193. The van der Waals surface area contributed by atoms with Crippen molar-refractivity contribution in [2.75, 3.05) is 51.8 Å². The standard InChI is InChI=1S/C18H28ClN3O3/c1-13(2)5-6-20-18(23)22-9-7-21(8-10-22)15-12-16(24-3)14(19)11-17(15)25-4/h11-13H,5-10H2,1-4H3,(H,20,23). The summed E-state index contributed by atoms with van der Waals surface area (Å²) in [4.78, 5) is 16.3. The smallest absolute Gasteiger partial charge is 0.317 e. The molecule has 0 bridgehead atoms. The molecule has 0 radical (unpaired) electrons. The van der Waals surface area contributed by atoms with Crippen LogP contribution in [0, 0.1) is 5.92 Å². The third kappa shape index (κ3) is 5.08. The normalized spacial score (nSPS) is 14.6. The largest absolute Gasteiger partial charge is 0.495 e. The van der Waals surface area contributed by atoms with Gasteiger partial charge in [-0.25, -0.2) is 4.79 Å². The van der Waals surface area contributed by atoms with Crippen LogP contribution < -0.4 is 19.7 Å². The van der Waals surface area contributed by atoms with Gasteiger partial charge in [-0.15, -0.1) is 0 Å². The molecule has 0 unspecified atom stereocenters. The van der Waals surface area contributed by atoms with Gasteiger partial charge in [-0.3, -0.25) is 0 Å². The first-order valence-corrected chi connectivity index (χ1v) is 9.03. The van der Waals surface area contributed by atoms with Gasteiger partial charge in [0.25, 0.3) is 0 Å². The van der Waals surface area contributed by atoms with Crippen molar-refractivity contribution in [3.8, 4) is 11.5 Å². The number of amides is 2. The maximum atomic E-state index is 12.2. The molecule has 25 heavy (non-hydrogen) atoms. The number of ether oxygens (including phenoxy) is 2. The molecule has 0 spiro atoms. The lowest BCUT2D eigenvalue weighted by atomic mass is 10.1. The van der Waals surface area contributed by atoms with Crippen molar-refractivity contribution in [3.05, 3.63) is 17.2 Å². The van der Waals surface area contributed by atoms with E-state index in [2.05, 4.69) is 24.1 Å². The maximum Gasteiger partial charge on any atom is 0.317 e. The molecule has 2 rings (SSSR count). The van der Waals surface area contributed by atoms with Crippen molar-refractivity contribution in [1.29, 1.82) is 0 Å². The van der Waals surface area contributed by atoms with E-state index in [1.54, 1.807) is 20.3 Å². The summed E-state index contributed by atoms with van der Waals surface area (Å²) >= 11 is 6.17. The molecule has 1 N–H and O–H groups in total. The summed E-state index contributed by atoms with van der Waals surface area (Å²) in [6.45, 7) is 7.83. The minimum absolute atomic E-state index is 0.0148. The predicted octanol–water partition coefficient (Wildman–Crippen LogP) is 3.23. The summed E-state index contributed by atoms with van der Waals surface area (Å²) in [5.41, 5.74) is 0.934. The first kappa shape index (κ1) is 19.5.